The van der Waals surface area contributed by atoms with Crippen molar-refractivity contribution in [2.24, 2.45) is 0 Å². The van der Waals surface area contributed by atoms with Crippen LogP contribution in [0.15, 0.2) is 34.1 Å². The Labute approximate surface area is 122 Å². The summed E-state index contributed by atoms with van der Waals surface area (Å²) < 4.78 is 0. The van der Waals surface area contributed by atoms with E-state index in [1.165, 1.54) is 12.1 Å². The highest BCUT2D eigenvalue weighted by molar-refractivity contribution is 7.99. The molecule has 2 aromatic carbocycles. The van der Waals surface area contributed by atoms with Gasteiger partial charge in [0.05, 0.1) is 19.8 Å². The second kappa shape index (κ2) is 5.28. The number of hydrogen-bond acceptors (Lipinski definition) is 5. The molecule has 0 heterocycles. The summed E-state index contributed by atoms with van der Waals surface area (Å²) >= 11 is 12.5. The molecule has 0 aliphatic rings. The van der Waals surface area contributed by atoms with Crippen molar-refractivity contribution in [2.75, 3.05) is 0 Å². The zero-order valence-corrected chi connectivity index (χ0v) is 11.6. The molecule has 100 valence electrons. The molecule has 0 aliphatic heterocycles. The Balaban J connectivity index is 2.42. The van der Waals surface area contributed by atoms with Gasteiger partial charge in [0.15, 0.2) is 0 Å². The minimum atomic E-state index is -0.239. The number of phenolic OH excluding ortho intramolecular Hbond substituents is 4. The maximum absolute atomic E-state index is 9.69. The van der Waals surface area contributed by atoms with Gasteiger partial charge < -0.3 is 20.4 Å². The lowest BCUT2D eigenvalue weighted by Crippen LogP contribution is -1.80. The molecule has 7 heteroatoms. The molecule has 0 unspecified atom stereocenters. The highest BCUT2D eigenvalue weighted by Gasteiger charge is 2.13. The lowest BCUT2D eigenvalue weighted by molar-refractivity contribution is 0.440. The minimum absolute atomic E-state index is 0.0738. The summed E-state index contributed by atoms with van der Waals surface area (Å²) in [6, 6.07) is 4.92. The minimum Gasteiger partial charge on any atom is -0.507 e. The van der Waals surface area contributed by atoms with E-state index in [1.807, 2.05) is 0 Å². The summed E-state index contributed by atoms with van der Waals surface area (Å²) in [7, 11) is 0. The lowest BCUT2D eigenvalue weighted by atomic mass is 10.3. The first kappa shape index (κ1) is 14.0. The van der Waals surface area contributed by atoms with E-state index in [2.05, 4.69) is 0 Å². The first-order chi connectivity index (χ1) is 8.88. The third kappa shape index (κ3) is 2.94. The predicted octanol–water partition coefficient (Wildman–Crippen LogP) is 3.97. The van der Waals surface area contributed by atoms with Crippen LogP contribution < -0.4 is 0 Å². The maximum atomic E-state index is 9.69. The van der Waals surface area contributed by atoms with Gasteiger partial charge >= 0.3 is 0 Å². The van der Waals surface area contributed by atoms with Crippen molar-refractivity contribution in [3.05, 3.63) is 34.3 Å². The summed E-state index contributed by atoms with van der Waals surface area (Å²) in [4.78, 5) is 0.666. The Hall–Kier alpha value is -1.43. The van der Waals surface area contributed by atoms with Crippen molar-refractivity contribution in [3.8, 4) is 23.0 Å². The molecular weight excluding hydrogens is 311 g/mol. The fourth-order valence-electron chi connectivity index (χ4n) is 1.35. The number of halogens is 2. The zero-order chi connectivity index (χ0) is 14.2. The van der Waals surface area contributed by atoms with Gasteiger partial charge in [-0.25, -0.2) is 0 Å². The Bertz CT molecular complexity index is 591. The molecule has 19 heavy (non-hydrogen) atoms. The fourth-order valence-corrected chi connectivity index (χ4v) is 2.72. The van der Waals surface area contributed by atoms with Crippen LogP contribution in [0.1, 0.15) is 0 Å². The van der Waals surface area contributed by atoms with Crippen molar-refractivity contribution in [3.63, 3.8) is 0 Å². The summed E-state index contributed by atoms with van der Waals surface area (Å²) in [5.74, 6) is -0.848. The summed E-state index contributed by atoms with van der Waals surface area (Å²) in [5.41, 5.74) is 0. The van der Waals surface area contributed by atoms with Crippen LogP contribution in [-0.2, 0) is 0 Å². The average molecular weight is 319 g/mol. The number of hydrogen-bond donors (Lipinski definition) is 4. The molecular formula is C12H8Cl2O4S. The molecule has 4 nitrogen and oxygen atoms in total. The largest absolute Gasteiger partial charge is 0.507 e. The molecule has 0 spiro atoms. The van der Waals surface area contributed by atoms with Crippen LogP contribution in [-0.4, -0.2) is 20.4 Å². The molecule has 0 aliphatic carbocycles. The molecule has 0 bridgehead atoms. The molecule has 0 saturated heterocycles. The van der Waals surface area contributed by atoms with Crippen molar-refractivity contribution >= 4 is 35.0 Å². The van der Waals surface area contributed by atoms with Gasteiger partial charge in [0.25, 0.3) is 0 Å². The van der Waals surface area contributed by atoms with Crippen LogP contribution >= 0.6 is 35.0 Å². The van der Waals surface area contributed by atoms with E-state index >= 15 is 0 Å². The van der Waals surface area contributed by atoms with Crippen molar-refractivity contribution in [1.29, 1.82) is 0 Å². The Morgan fingerprint density at radius 3 is 1.37 bits per heavy atom. The van der Waals surface area contributed by atoms with Crippen molar-refractivity contribution < 1.29 is 20.4 Å². The molecule has 2 rings (SSSR count). The molecule has 0 aromatic heterocycles. The molecule has 0 radical (unpaired) electrons. The van der Waals surface area contributed by atoms with E-state index in [4.69, 9.17) is 23.2 Å². The van der Waals surface area contributed by atoms with Gasteiger partial charge in [0.2, 0.25) is 0 Å². The van der Waals surface area contributed by atoms with Gasteiger partial charge in [0, 0.05) is 12.1 Å². The summed E-state index contributed by atoms with van der Waals surface area (Å²) in [6.07, 6.45) is 0. The van der Waals surface area contributed by atoms with Crippen LogP contribution in [0, 0.1) is 0 Å². The van der Waals surface area contributed by atoms with Crippen LogP contribution in [0.4, 0.5) is 0 Å². The van der Waals surface area contributed by atoms with E-state index in [-0.39, 0.29) is 33.0 Å². The van der Waals surface area contributed by atoms with Crippen LogP contribution in [0.3, 0.4) is 0 Å². The van der Waals surface area contributed by atoms with Crippen molar-refractivity contribution in [2.45, 2.75) is 9.79 Å². The second-order valence-electron chi connectivity index (χ2n) is 3.64. The number of aromatic hydroxyl groups is 4. The van der Waals surface area contributed by atoms with Gasteiger partial charge in [0.1, 0.15) is 23.0 Å². The van der Waals surface area contributed by atoms with Gasteiger partial charge in [-0.2, -0.15) is 0 Å². The maximum Gasteiger partial charge on any atom is 0.137 e. The Kier molecular flexibility index (Phi) is 3.89. The fraction of sp³-hybridized carbons (Fsp3) is 0. The summed E-state index contributed by atoms with van der Waals surface area (Å²) in [5, 5.41) is 38.2. The van der Waals surface area contributed by atoms with Gasteiger partial charge in [-0.1, -0.05) is 35.0 Å². The zero-order valence-electron chi connectivity index (χ0n) is 9.26. The van der Waals surface area contributed by atoms with Crippen molar-refractivity contribution in [1.82, 2.24) is 0 Å². The molecule has 0 amide bonds. The SMILES string of the molecule is Oc1cc(O)c(Sc2cc(Cl)c(O)cc2O)cc1Cl. The van der Waals surface area contributed by atoms with Gasteiger partial charge in [-0.05, 0) is 12.1 Å². The average Bonchev–Trinajstić information content (AvgIpc) is 2.32. The van der Waals surface area contributed by atoms with Crippen LogP contribution in [0.5, 0.6) is 23.0 Å². The van der Waals surface area contributed by atoms with Crippen LogP contribution in [0.2, 0.25) is 10.0 Å². The van der Waals surface area contributed by atoms with E-state index in [0.29, 0.717) is 9.79 Å². The lowest BCUT2D eigenvalue weighted by Gasteiger charge is -2.09. The Morgan fingerprint density at radius 2 is 1.00 bits per heavy atom. The normalized spacial score (nSPS) is 10.6. The first-order valence-electron chi connectivity index (χ1n) is 4.99. The van der Waals surface area contributed by atoms with Gasteiger partial charge in [-0.15, -0.1) is 0 Å². The summed E-state index contributed by atoms with van der Waals surface area (Å²) in [6.45, 7) is 0. The monoisotopic (exact) mass is 318 g/mol. The second-order valence-corrected chi connectivity index (χ2v) is 5.54. The van der Waals surface area contributed by atoms with E-state index in [9.17, 15) is 20.4 Å². The van der Waals surface area contributed by atoms with Crippen LogP contribution in [0.25, 0.3) is 0 Å². The molecule has 0 fully saturated rings. The number of phenols is 4. The molecule has 0 saturated carbocycles. The quantitative estimate of drug-likeness (QED) is 0.673. The highest BCUT2D eigenvalue weighted by Crippen LogP contribution is 2.44. The standard InChI is InChI=1S/C12H8Cl2O4S/c13-5-1-11(9(17)3-7(5)15)19-12-2-6(14)8(16)4-10(12)18/h1-4,15-18H. The topological polar surface area (TPSA) is 80.9 Å². The highest BCUT2D eigenvalue weighted by atomic mass is 35.5. The predicted molar refractivity (Wildman–Crippen MR) is 73.7 cm³/mol. The third-order valence-electron chi connectivity index (χ3n) is 2.28. The van der Waals surface area contributed by atoms with E-state index < -0.39 is 0 Å². The molecule has 4 N–H and O–H groups in total. The Morgan fingerprint density at radius 1 is 0.632 bits per heavy atom. The van der Waals surface area contributed by atoms with Gasteiger partial charge in [-0.3, -0.25) is 0 Å². The smallest absolute Gasteiger partial charge is 0.137 e. The first-order valence-corrected chi connectivity index (χ1v) is 6.56. The number of benzene rings is 2. The van der Waals surface area contributed by atoms with E-state index in [1.54, 1.807) is 0 Å². The number of rotatable bonds is 2. The third-order valence-corrected chi connectivity index (χ3v) is 3.98. The molecule has 2 aromatic rings. The molecule has 0 atom stereocenters. The van der Waals surface area contributed by atoms with E-state index in [0.717, 1.165) is 23.9 Å².